The molecule has 102 valence electrons. The van der Waals surface area contributed by atoms with Gasteiger partial charge in [-0.05, 0) is 37.0 Å². The summed E-state index contributed by atoms with van der Waals surface area (Å²) in [5, 5.41) is 12.3. The van der Waals surface area contributed by atoms with Crippen LogP contribution in [0.5, 0.6) is 11.5 Å². The third-order valence-electron chi connectivity index (χ3n) is 3.65. The summed E-state index contributed by atoms with van der Waals surface area (Å²) >= 11 is 0. The van der Waals surface area contributed by atoms with Crippen LogP contribution in [0.3, 0.4) is 0 Å². The third-order valence-corrected chi connectivity index (χ3v) is 3.65. The molecule has 0 bridgehead atoms. The molecule has 2 atom stereocenters. The van der Waals surface area contributed by atoms with E-state index in [1.165, 1.54) is 0 Å². The summed E-state index contributed by atoms with van der Waals surface area (Å²) in [4.78, 5) is 11.1. The molecule has 0 aromatic heterocycles. The highest BCUT2D eigenvalue weighted by atomic mass is 16.6. The van der Waals surface area contributed by atoms with Gasteiger partial charge in [-0.15, -0.1) is 0 Å². The lowest BCUT2D eigenvalue weighted by atomic mass is 9.93. The summed E-state index contributed by atoms with van der Waals surface area (Å²) in [6.45, 7) is 1.14. The van der Waals surface area contributed by atoms with Crippen molar-refractivity contribution < 1.29 is 19.4 Å². The number of nitrogens with one attached hydrogen (secondary N) is 1. The quantitative estimate of drug-likeness (QED) is 0.850. The normalized spacial score (nSPS) is 25.9. The highest BCUT2D eigenvalue weighted by molar-refractivity contribution is 5.73. The van der Waals surface area contributed by atoms with Crippen LogP contribution in [0.15, 0.2) is 18.2 Å². The Bertz CT molecular complexity index is 488. The van der Waals surface area contributed by atoms with E-state index in [0.717, 1.165) is 29.9 Å². The molecule has 0 spiro atoms. The van der Waals surface area contributed by atoms with Crippen molar-refractivity contribution in [2.45, 2.75) is 31.3 Å². The van der Waals surface area contributed by atoms with Gasteiger partial charge in [0.05, 0.1) is 0 Å². The van der Waals surface area contributed by atoms with Crippen molar-refractivity contribution in [3.8, 4) is 11.5 Å². The van der Waals surface area contributed by atoms with Crippen molar-refractivity contribution in [3.05, 3.63) is 23.8 Å². The van der Waals surface area contributed by atoms with Gasteiger partial charge in [0.1, 0.15) is 19.3 Å². The fourth-order valence-corrected chi connectivity index (χ4v) is 2.67. The van der Waals surface area contributed by atoms with Crippen molar-refractivity contribution in [3.63, 3.8) is 0 Å². The molecule has 1 aromatic rings. The smallest absolute Gasteiger partial charge is 0.320 e. The molecule has 5 nitrogen and oxygen atoms in total. The molecule has 2 heterocycles. The Balaban J connectivity index is 1.79. The predicted molar refractivity (Wildman–Crippen MR) is 68.6 cm³/mol. The van der Waals surface area contributed by atoms with E-state index in [1.807, 2.05) is 18.2 Å². The molecular formula is C14H17NO4. The summed E-state index contributed by atoms with van der Waals surface area (Å²) in [6, 6.07) is 5.46. The van der Waals surface area contributed by atoms with Crippen LogP contribution < -0.4 is 14.8 Å². The number of aliphatic carboxylic acids is 1. The molecule has 0 aliphatic carbocycles. The van der Waals surface area contributed by atoms with Crippen LogP contribution >= 0.6 is 0 Å². The van der Waals surface area contributed by atoms with E-state index in [-0.39, 0.29) is 6.04 Å². The largest absolute Gasteiger partial charge is 0.486 e. The van der Waals surface area contributed by atoms with Crippen molar-refractivity contribution in [2.75, 3.05) is 13.2 Å². The number of hydrogen-bond acceptors (Lipinski definition) is 4. The second kappa shape index (κ2) is 5.09. The first kappa shape index (κ1) is 12.3. The second-order valence-electron chi connectivity index (χ2n) is 4.94. The minimum Gasteiger partial charge on any atom is -0.486 e. The fourth-order valence-electron chi connectivity index (χ4n) is 2.67. The van der Waals surface area contributed by atoms with E-state index in [9.17, 15) is 4.79 Å². The van der Waals surface area contributed by atoms with E-state index in [2.05, 4.69) is 5.32 Å². The topological polar surface area (TPSA) is 67.8 Å². The number of piperidine rings is 1. The van der Waals surface area contributed by atoms with Crippen molar-refractivity contribution in [1.29, 1.82) is 0 Å². The number of fused-ring (bicyclic) bond motifs is 1. The number of ether oxygens (including phenoxy) is 2. The SMILES string of the molecule is O=C(O)C1CCCC(c2ccc3c(c2)OCCO3)N1. The maximum Gasteiger partial charge on any atom is 0.320 e. The van der Waals surface area contributed by atoms with E-state index in [4.69, 9.17) is 14.6 Å². The lowest BCUT2D eigenvalue weighted by molar-refractivity contribution is -0.140. The summed E-state index contributed by atoms with van der Waals surface area (Å²) in [5.41, 5.74) is 1.07. The Morgan fingerprint density at radius 1 is 1.21 bits per heavy atom. The number of carboxylic acids is 1. The van der Waals surface area contributed by atoms with E-state index < -0.39 is 12.0 Å². The van der Waals surface area contributed by atoms with E-state index >= 15 is 0 Å². The van der Waals surface area contributed by atoms with Crippen LogP contribution in [0.1, 0.15) is 30.9 Å². The average molecular weight is 263 g/mol. The lowest BCUT2D eigenvalue weighted by Gasteiger charge is -2.29. The van der Waals surface area contributed by atoms with Gasteiger partial charge >= 0.3 is 5.97 Å². The molecule has 5 heteroatoms. The zero-order valence-electron chi connectivity index (χ0n) is 10.6. The number of benzene rings is 1. The van der Waals surface area contributed by atoms with Crippen LogP contribution in [-0.2, 0) is 4.79 Å². The zero-order valence-corrected chi connectivity index (χ0v) is 10.6. The fraction of sp³-hybridized carbons (Fsp3) is 0.500. The van der Waals surface area contributed by atoms with Gasteiger partial charge in [-0.3, -0.25) is 10.1 Å². The summed E-state index contributed by atoms with van der Waals surface area (Å²) < 4.78 is 11.0. The molecule has 2 aliphatic rings. The lowest BCUT2D eigenvalue weighted by Crippen LogP contribution is -2.42. The van der Waals surface area contributed by atoms with E-state index in [0.29, 0.717) is 19.6 Å². The highest BCUT2D eigenvalue weighted by Crippen LogP contribution is 2.35. The van der Waals surface area contributed by atoms with Crippen LogP contribution in [0.4, 0.5) is 0 Å². The molecule has 2 unspecified atom stereocenters. The molecule has 2 N–H and O–H groups in total. The second-order valence-corrected chi connectivity index (χ2v) is 4.94. The van der Waals surface area contributed by atoms with Gasteiger partial charge in [0.25, 0.3) is 0 Å². The first-order valence-electron chi connectivity index (χ1n) is 6.62. The minimum atomic E-state index is -0.776. The maximum atomic E-state index is 11.1. The predicted octanol–water partition coefficient (Wildman–Crippen LogP) is 1.73. The molecule has 1 saturated heterocycles. The van der Waals surface area contributed by atoms with Gasteiger partial charge in [-0.2, -0.15) is 0 Å². The van der Waals surface area contributed by atoms with Crippen molar-refractivity contribution in [1.82, 2.24) is 5.32 Å². The molecule has 0 radical (unpaired) electrons. The number of carbonyl (C=O) groups is 1. The van der Waals surface area contributed by atoms with Crippen LogP contribution in [0.25, 0.3) is 0 Å². The van der Waals surface area contributed by atoms with Gasteiger partial charge in [-0.25, -0.2) is 0 Å². The minimum absolute atomic E-state index is 0.0747. The molecule has 1 fully saturated rings. The van der Waals surface area contributed by atoms with Crippen LogP contribution in [0.2, 0.25) is 0 Å². The van der Waals surface area contributed by atoms with Crippen LogP contribution in [-0.4, -0.2) is 30.3 Å². The molecule has 19 heavy (non-hydrogen) atoms. The van der Waals surface area contributed by atoms with Gasteiger partial charge in [0, 0.05) is 6.04 Å². The van der Waals surface area contributed by atoms with Crippen molar-refractivity contribution >= 4 is 5.97 Å². The molecular weight excluding hydrogens is 246 g/mol. The molecule has 1 aromatic carbocycles. The number of hydrogen-bond donors (Lipinski definition) is 2. The Morgan fingerprint density at radius 3 is 2.79 bits per heavy atom. The zero-order chi connectivity index (χ0) is 13.2. The summed E-state index contributed by atoms with van der Waals surface area (Å²) in [5.74, 6) is 0.742. The Hall–Kier alpha value is -1.75. The standard InChI is InChI=1S/C14H17NO4/c16-14(17)11-3-1-2-10(15-11)9-4-5-12-13(8-9)19-7-6-18-12/h4-5,8,10-11,15H,1-3,6-7H2,(H,16,17). The Labute approximate surface area is 111 Å². The average Bonchev–Trinajstić information content (AvgIpc) is 2.47. The maximum absolute atomic E-state index is 11.1. The summed E-state index contributed by atoms with van der Waals surface area (Å²) in [6.07, 6.45) is 2.56. The Morgan fingerprint density at radius 2 is 2.00 bits per heavy atom. The highest BCUT2D eigenvalue weighted by Gasteiger charge is 2.27. The first-order chi connectivity index (χ1) is 9.24. The van der Waals surface area contributed by atoms with Gasteiger partial charge in [-0.1, -0.05) is 6.07 Å². The first-order valence-corrected chi connectivity index (χ1v) is 6.62. The van der Waals surface area contributed by atoms with Gasteiger partial charge in [0.15, 0.2) is 11.5 Å². The molecule has 0 saturated carbocycles. The number of rotatable bonds is 2. The van der Waals surface area contributed by atoms with E-state index in [1.54, 1.807) is 0 Å². The monoisotopic (exact) mass is 263 g/mol. The van der Waals surface area contributed by atoms with Gasteiger partial charge in [0.2, 0.25) is 0 Å². The molecule has 3 rings (SSSR count). The van der Waals surface area contributed by atoms with Crippen molar-refractivity contribution in [2.24, 2.45) is 0 Å². The molecule has 0 amide bonds. The van der Waals surface area contributed by atoms with Gasteiger partial charge < -0.3 is 14.6 Å². The summed E-state index contributed by atoms with van der Waals surface area (Å²) in [7, 11) is 0. The third kappa shape index (κ3) is 2.51. The molecule has 2 aliphatic heterocycles. The number of carboxylic acid groups (broad SMARTS) is 1. The Kier molecular flexibility index (Phi) is 3.29. The van der Waals surface area contributed by atoms with Crippen LogP contribution in [0, 0.1) is 0 Å².